The molecule has 0 saturated carbocycles. The standard InChI is InChI=1S/C13H7BrF3IO/c14-9-3-1-6(18)5-8(9)13(19)7-2-4-10(15)12(17)11(7)16/h1-5,13,19H. The van der Waals surface area contributed by atoms with Crippen molar-refractivity contribution in [2.24, 2.45) is 0 Å². The normalized spacial score (nSPS) is 12.5. The second-order valence-electron chi connectivity index (χ2n) is 3.83. The fraction of sp³-hybridized carbons (Fsp3) is 0.0769. The maximum atomic E-state index is 13.6. The summed E-state index contributed by atoms with van der Waals surface area (Å²) in [5.74, 6) is -4.24. The second kappa shape index (κ2) is 5.80. The van der Waals surface area contributed by atoms with Gasteiger partial charge in [-0.1, -0.05) is 22.0 Å². The van der Waals surface area contributed by atoms with Crippen LogP contribution in [0.4, 0.5) is 13.2 Å². The summed E-state index contributed by atoms with van der Waals surface area (Å²) in [6, 6.07) is 6.94. The van der Waals surface area contributed by atoms with Gasteiger partial charge in [0.1, 0.15) is 6.10 Å². The van der Waals surface area contributed by atoms with E-state index in [1.54, 1.807) is 18.2 Å². The first kappa shape index (κ1) is 14.8. The second-order valence-corrected chi connectivity index (χ2v) is 5.93. The Morgan fingerprint density at radius 1 is 1.00 bits per heavy atom. The van der Waals surface area contributed by atoms with Crippen LogP contribution in [-0.2, 0) is 0 Å². The molecule has 0 aliphatic rings. The molecule has 1 N–H and O–H groups in total. The highest BCUT2D eigenvalue weighted by atomic mass is 127. The molecule has 0 bridgehead atoms. The minimum atomic E-state index is -1.58. The van der Waals surface area contributed by atoms with E-state index in [1.165, 1.54) is 0 Å². The van der Waals surface area contributed by atoms with E-state index >= 15 is 0 Å². The van der Waals surface area contributed by atoms with Gasteiger partial charge in [-0.3, -0.25) is 0 Å². The summed E-state index contributed by atoms with van der Waals surface area (Å²) in [5.41, 5.74) is 0.0819. The van der Waals surface area contributed by atoms with Crippen LogP contribution in [0.25, 0.3) is 0 Å². The minimum absolute atomic E-state index is 0.304. The van der Waals surface area contributed by atoms with Crippen molar-refractivity contribution < 1.29 is 18.3 Å². The summed E-state index contributed by atoms with van der Waals surface area (Å²) < 4.78 is 41.1. The third kappa shape index (κ3) is 2.95. The zero-order valence-electron chi connectivity index (χ0n) is 9.30. The van der Waals surface area contributed by atoms with E-state index in [4.69, 9.17) is 0 Å². The quantitative estimate of drug-likeness (QED) is 0.534. The van der Waals surface area contributed by atoms with Crippen molar-refractivity contribution in [3.63, 3.8) is 0 Å². The lowest BCUT2D eigenvalue weighted by atomic mass is 10.0. The Balaban J connectivity index is 2.53. The molecule has 0 heterocycles. The molecular formula is C13H7BrF3IO. The van der Waals surface area contributed by atoms with Crippen LogP contribution in [0.15, 0.2) is 34.8 Å². The smallest absolute Gasteiger partial charge is 0.194 e. The summed E-state index contributed by atoms with van der Waals surface area (Å²) in [7, 11) is 0. The summed E-state index contributed by atoms with van der Waals surface area (Å²) in [6.45, 7) is 0. The Bertz CT molecular complexity index is 634. The first-order valence-electron chi connectivity index (χ1n) is 5.18. The summed E-state index contributed by atoms with van der Waals surface area (Å²) in [5, 5.41) is 10.1. The van der Waals surface area contributed by atoms with E-state index in [-0.39, 0.29) is 5.56 Å². The molecule has 0 spiro atoms. The Labute approximate surface area is 129 Å². The molecule has 6 heteroatoms. The molecule has 100 valence electrons. The number of hydrogen-bond acceptors (Lipinski definition) is 1. The molecule has 0 aliphatic heterocycles. The monoisotopic (exact) mass is 442 g/mol. The number of halogens is 5. The number of rotatable bonds is 2. The van der Waals surface area contributed by atoms with Crippen LogP contribution >= 0.6 is 38.5 Å². The van der Waals surface area contributed by atoms with Gasteiger partial charge in [0.15, 0.2) is 17.5 Å². The summed E-state index contributed by atoms with van der Waals surface area (Å²) >= 11 is 5.27. The zero-order chi connectivity index (χ0) is 14.2. The highest BCUT2D eigenvalue weighted by molar-refractivity contribution is 14.1. The lowest BCUT2D eigenvalue weighted by molar-refractivity contribution is 0.212. The van der Waals surface area contributed by atoms with Gasteiger partial charge in [-0.15, -0.1) is 0 Å². The summed E-state index contributed by atoms with van der Waals surface area (Å²) in [4.78, 5) is 0. The number of aliphatic hydroxyl groups excluding tert-OH is 1. The topological polar surface area (TPSA) is 20.2 Å². The molecule has 2 aromatic carbocycles. The zero-order valence-corrected chi connectivity index (χ0v) is 13.0. The SMILES string of the molecule is OC(c1cc(I)ccc1Br)c1ccc(F)c(F)c1F. The molecule has 2 aromatic rings. The molecule has 1 atom stereocenters. The highest BCUT2D eigenvalue weighted by Crippen LogP contribution is 2.32. The molecular weight excluding hydrogens is 436 g/mol. The van der Waals surface area contributed by atoms with Crippen molar-refractivity contribution in [1.82, 2.24) is 0 Å². The van der Waals surface area contributed by atoms with Crippen molar-refractivity contribution in [2.45, 2.75) is 6.10 Å². The first-order chi connectivity index (χ1) is 8.91. The molecule has 0 fully saturated rings. The maximum absolute atomic E-state index is 13.6. The van der Waals surface area contributed by atoms with Gasteiger partial charge < -0.3 is 5.11 Å². The van der Waals surface area contributed by atoms with E-state index in [1.807, 2.05) is 22.6 Å². The van der Waals surface area contributed by atoms with Crippen LogP contribution in [0, 0.1) is 21.0 Å². The van der Waals surface area contributed by atoms with Gasteiger partial charge >= 0.3 is 0 Å². The Hall–Kier alpha value is -0.600. The third-order valence-electron chi connectivity index (χ3n) is 2.61. The Kier molecular flexibility index (Phi) is 4.52. The molecule has 0 amide bonds. The van der Waals surface area contributed by atoms with E-state index in [2.05, 4.69) is 15.9 Å². The average molecular weight is 443 g/mol. The van der Waals surface area contributed by atoms with Crippen LogP contribution in [-0.4, -0.2) is 5.11 Å². The average Bonchev–Trinajstić information content (AvgIpc) is 2.38. The summed E-state index contributed by atoms with van der Waals surface area (Å²) in [6.07, 6.45) is -1.38. The first-order valence-corrected chi connectivity index (χ1v) is 7.05. The van der Waals surface area contributed by atoms with Crippen LogP contribution in [0.1, 0.15) is 17.2 Å². The molecule has 1 nitrogen and oxygen atoms in total. The van der Waals surface area contributed by atoms with Gasteiger partial charge in [0.05, 0.1) is 0 Å². The fourth-order valence-corrected chi connectivity index (χ4v) is 2.62. The molecule has 0 saturated heterocycles. The lowest BCUT2D eigenvalue weighted by Gasteiger charge is -2.15. The van der Waals surface area contributed by atoms with Crippen molar-refractivity contribution in [1.29, 1.82) is 0 Å². The number of aliphatic hydroxyl groups is 1. The van der Waals surface area contributed by atoms with E-state index in [9.17, 15) is 18.3 Å². The third-order valence-corrected chi connectivity index (χ3v) is 4.01. The molecule has 0 aliphatic carbocycles. The van der Waals surface area contributed by atoms with Gasteiger partial charge in [0.25, 0.3) is 0 Å². The van der Waals surface area contributed by atoms with Gasteiger partial charge in [0.2, 0.25) is 0 Å². The van der Waals surface area contributed by atoms with Gasteiger partial charge in [-0.2, -0.15) is 0 Å². The van der Waals surface area contributed by atoms with Crippen molar-refractivity contribution >= 4 is 38.5 Å². The van der Waals surface area contributed by atoms with Crippen molar-refractivity contribution in [3.8, 4) is 0 Å². The predicted octanol–water partition coefficient (Wildman–Crippen LogP) is 4.55. The van der Waals surface area contributed by atoms with Crippen LogP contribution in [0.5, 0.6) is 0 Å². The van der Waals surface area contributed by atoms with E-state index in [0.29, 0.717) is 10.0 Å². The van der Waals surface area contributed by atoms with Gasteiger partial charge in [0, 0.05) is 19.2 Å². The van der Waals surface area contributed by atoms with Crippen LogP contribution in [0.2, 0.25) is 0 Å². The Morgan fingerprint density at radius 3 is 2.37 bits per heavy atom. The van der Waals surface area contributed by atoms with Crippen molar-refractivity contribution in [2.75, 3.05) is 0 Å². The van der Waals surface area contributed by atoms with E-state index in [0.717, 1.165) is 15.7 Å². The maximum Gasteiger partial charge on any atom is 0.194 e. The van der Waals surface area contributed by atoms with Gasteiger partial charge in [-0.05, 0) is 46.9 Å². The Morgan fingerprint density at radius 2 is 1.68 bits per heavy atom. The van der Waals surface area contributed by atoms with Crippen LogP contribution in [0.3, 0.4) is 0 Å². The minimum Gasteiger partial charge on any atom is -0.384 e. The highest BCUT2D eigenvalue weighted by Gasteiger charge is 2.22. The largest absolute Gasteiger partial charge is 0.384 e. The predicted molar refractivity (Wildman–Crippen MR) is 77.2 cm³/mol. The molecule has 1 unspecified atom stereocenters. The molecule has 0 aromatic heterocycles. The lowest BCUT2D eigenvalue weighted by Crippen LogP contribution is -2.06. The molecule has 19 heavy (non-hydrogen) atoms. The van der Waals surface area contributed by atoms with E-state index < -0.39 is 23.6 Å². The number of hydrogen-bond donors (Lipinski definition) is 1. The van der Waals surface area contributed by atoms with Gasteiger partial charge in [-0.25, -0.2) is 13.2 Å². The van der Waals surface area contributed by atoms with Crippen LogP contribution < -0.4 is 0 Å². The molecule has 0 radical (unpaired) electrons. The molecule has 2 rings (SSSR count). The number of benzene rings is 2. The fourth-order valence-electron chi connectivity index (χ4n) is 1.64. The van der Waals surface area contributed by atoms with Crippen molar-refractivity contribution in [3.05, 3.63) is 67.0 Å².